The van der Waals surface area contributed by atoms with Crippen LogP contribution in [0.3, 0.4) is 0 Å². The molecule has 0 unspecified atom stereocenters. The quantitative estimate of drug-likeness (QED) is 0.650. The van der Waals surface area contributed by atoms with Gasteiger partial charge >= 0.3 is 5.97 Å². The van der Waals surface area contributed by atoms with Crippen LogP contribution in [0.1, 0.15) is 47.2 Å². The van der Waals surface area contributed by atoms with Gasteiger partial charge in [-0.25, -0.2) is 0 Å². The predicted octanol–water partition coefficient (Wildman–Crippen LogP) is 2.18. The highest BCUT2D eigenvalue weighted by Gasteiger charge is 2.19. The molecule has 4 heteroatoms. The number of carboxylic acids is 1. The summed E-state index contributed by atoms with van der Waals surface area (Å²) in [6.45, 7) is 0. The van der Waals surface area contributed by atoms with E-state index >= 15 is 0 Å². The first-order valence-corrected chi connectivity index (χ1v) is 6.49. The highest BCUT2D eigenvalue weighted by molar-refractivity contribution is 6.43. The summed E-state index contributed by atoms with van der Waals surface area (Å²) in [6.07, 6.45) is 3.72. The Morgan fingerprint density at radius 2 is 1.68 bits per heavy atom. The first kappa shape index (κ1) is 13.5. The van der Waals surface area contributed by atoms with Crippen LogP contribution in [0.5, 0.6) is 0 Å². The lowest BCUT2D eigenvalue weighted by Gasteiger charge is -2.16. The summed E-state index contributed by atoms with van der Waals surface area (Å²) in [7, 11) is 0. The molecule has 0 saturated carbocycles. The summed E-state index contributed by atoms with van der Waals surface area (Å²) in [4.78, 5) is 33.9. The fraction of sp³-hybridized carbons (Fsp3) is 0.400. The number of ketones is 2. The first-order valence-electron chi connectivity index (χ1n) is 6.49. The first-order chi connectivity index (χ1) is 9.08. The molecule has 0 bridgehead atoms. The van der Waals surface area contributed by atoms with Gasteiger partial charge < -0.3 is 5.11 Å². The van der Waals surface area contributed by atoms with E-state index in [1.807, 2.05) is 6.07 Å². The number of aliphatic carboxylic acids is 1. The van der Waals surface area contributed by atoms with Crippen molar-refractivity contribution in [3.63, 3.8) is 0 Å². The minimum atomic E-state index is -1.06. The Labute approximate surface area is 111 Å². The molecule has 1 aliphatic carbocycles. The number of carbonyl (C=O) groups is 3. The number of benzene rings is 1. The molecule has 0 aromatic heterocycles. The van der Waals surface area contributed by atoms with Crippen molar-refractivity contribution in [2.75, 3.05) is 0 Å². The van der Waals surface area contributed by atoms with E-state index in [1.54, 1.807) is 12.1 Å². The lowest BCUT2D eigenvalue weighted by molar-refractivity contribution is -0.138. The van der Waals surface area contributed by atoms with Crippen LogP contribution in [0.4, 0.5) is 0 Å². The van der Waals surface area contributed by atoms with Crippen molar-refractivity contribution in [2.24, 2.45) is 0 Å². The molecule has 100 valence electrons. The largest absolute Gasteiger partial charge is 0.481 e. The maximum absolute atomic E-state index is 11.9. The Morgan fingerprint density at radius 3 is 2.37 bits per heavy atom. The van der Waals surface area contributed by atoms with Crippen molar-refractivity contribution < 1.29 is 19.5 Å². The molecular weight excluding hydrogens is 244 g/mol. The highest BCUT2D eigenvalue weighted by atomic mass is 16.4. The van der Waals surface area contributed by atoms with E-state index in [4.69, 9.17) is 5.11 Å². The summed E-state index contributed by atoms with van der Waals surface area (Å²) in [5, 5.41) is 8.51. The van der Waals surface area contributed by atoms with E-state index < -0.39 is 17.5 Å². The van der Waals surface area contributed by atoms with Crippen LogP contribution in [-0.2, 0) is 22.4 Å². The number of rotatable bonds is 5. The maximum atomic E-state index is 11.9. The molecule has 0 amide bonds. The Bertz CT molecular complexity index is 531. The summed E-state index contributed by atoms with van der Waals surface area (Å²) in [6, 6.07) is 5.37. The molecule has 0 aliphatic heterocycles. The molecule has 0 fully saturated rings. The summed E-state index contributed by atoms with van der Waals surface area (Å²) >= 11 is 0. The monoisotopic (exact) mass is 260 g/mol. The van der Waals surface area contributed by atoms with Crippen LogP contribution in [-0.4, -0.2) is 22.6 Å². The fourth-order valence-corrected chi connectivity index (χ4v) is 2.37. The molecule has 0 heterocycles. The molecule has 0 atom stereocenters. The second kappa shape index (κ2) is 5.78. The molecule has 1 aromatic carbocycles. The average Bonchev–Trinajstić information content (AvgIpc) is 2.43. The third kappa shape index (κ3) is 3.28. The van der Waals surface area contributed by atoms with Crippen LogP contribution in [0.2, 0.25) is 0 Å². The summed E-state index contributed by atoms with van der Waals surface area (Å²) in [5.41, 5.74) is 2.78. The van der Waals surface area contributed by atoms with Crippen LogP contribution in [0.25, 0.3) is 0 Å². The van der Waals surface area contributed by atoms with E-state index in [0.29, 0.717) is 5.56 Å². The lowest BCUT2D eigenvalue weighted by atomic mass is 9.89. The van der Waals surface area contributed by atoms with Crippen LogP contribution in [0, 0.1) is 0 Å². The molecule has 0 radical (unpaired) electrons. The van der Waals surface area contributed by atoms with Crippen molar-refractivity contribution in [1.82, 2.24) is 0 Å². The van der Waals surface area contributed by atoms with Crippen LogP contribution < -0.4 is 0 Å². The number of aryl methyl sites for hydroxylation is 2. The van der Waals surface area contributed by atoms with E-state index in [2.05, 4.69) is 0 Å². The standard InChI is InChI=1S/C15H16O4/c16-13(7-8-14(17)18)15(19)12-6-5-10-3-1-2-4-11(10)9-12/h5-6,9H,1-4,7-8H2,(H,17,18). The number of carbonyl (C=O) groups excluding carboxylic acids is 2. The zero-order chi connectivity index (χ0) is 13.8. The number of fused-ring (bicyclic) bond motifs is 1. The molecule has 19 heavy (non-hydrogen) atoms. The van der Waals surface area contributed by atoms with Gasteiger partial charge in [-0.15, -0.1) is 0 Å². The fourth-order valence-electron chi connectivity index (χ4n) is 2.37. The second-order valence-electron chi connectivity index (χ2n) is 4.84. The Balaban J connectivity index is 2.10. The predicted molar refractivity (Wildman–Crippen MR) is 69.3 cm³/mol. The molecule has 2 rings (SSSR count). The SMILES string of the molecule is O=C(O)CCC(=O)C(=O)c1ccc2c(c1)CCCC2. The van der Waals surface area contributed by atoms with Gasteiger partial charge in [0.1, 0.15) is 0 Å². The average molecular weight is 260 g/mol. The normalized spacial score (nSPS) is 13.7. The topological polar surface area (TPSA) is 71.4 Å². The van der Waals surface area contributed by atoms with Gasteiger partial charge in [-0.3, -0.25) is 14.4 Å². The van der Waals surface area contributed by atoms with Gasteiger partial charge in [-0.2, -0.15) is 0 Å². The molecule has 1 aromatic rings. The minimum absolute atomic E-state index is 0.231. The lowest BCUT2D eigenvalue weighted by Crippen LogP contribution is -2.16. The number of Topliss-reactive ketones (excluding diaryl/α,β-unsaturated/α-hetero) is 2. The number of hydrogen-bond donors (Lipinski definition) is 1. The smallest absolute Gasteiger partial charge is 0.303 e. The van der Waals surface area contributed by atoms with E-state index in [9.17, 15) is 14.4 Å². The van der Waals surface area contributed by atoms with Gasteiger partial charge in [0.25, 0.3) is 0 Å². The summed E-state index contributed by atoms with van der Waals surface area (Å²) < 4.78 is 0. The van der Waals surface area contributed by atoms with Gasteiger partial charge in [0.2, 0.25) is 11.6 Å². The maximum Gasteiger partial charge on any atom is 0.303 e. The van der Waals surface area contributed by atoms with Gasteiger partial charge in [0.15, 0.2) is 0 Å². The number of hydrogen-bond acceptors (Lipinski definition) is 3. The molecule has 0 spiro atoms. The zero-order valence-electron chi connectivity index (χ0n) is 10.6. The Hall–Kier alpha value is -1.97. The van der Waals surface area contributed by atoms with Crippen molar-refractivity contribution >= 4 is 17.5 Å². The van der Waals surface area contributed by atoms with Crippen molar-refractivity contribution in [1.29, 1.82) is 0 Å². The minimum Gasteiger partial charge on any atom is -0.481 e. The molecule has 1 N–H and O–H groups in total. The van der Waals surface area contributed by atoms with E-state index in [0.717, 1.165) is 31.2 Å². The van der Waals surface area contributed by atoms with Gasteiger partial charge in [0.05, 0.1) is 6.42 Å². The molecule has 0 saturated heterocycles. The Kier molecular flexibility index (Phi) is 4.10. The Morgan fingerprint density at radius 1 is 1.00 bits per heavy atom. The van der Waals surface area contributed by atoms with Crippen molar-refractivity contribution in [3.8, 4) is 0 Å². The van der Waals surface area contributed by atoms with Crippen LogP contribution >= 0.6 is 0 Å². The zero-order valence-corrected chi connectivity index (χ0v) is 10.6. The third-order valence-electron chi connectivity index (χ3n) is 3.43. The highest BCUT2D eigenvalue weighted by Crippen LogP contribution is 2.22. The van der Waals surface area contributed by atoms with Crippen molar-refractivity contribution in [3.05, 3.63) is 34.9 Å². The molecule has 4 nitrogen and oxygen atoms in total. The van der Waals surface area contributed by atoms with Crippen molar-refractivity contribution in [2.45, 2.75) is 38.5 Å². The van der Waals surface area contributed by atoms with E-state index in [-0.39, 0.29) is 12.8 Å². The van der Waals surface area contributed by atoms with Gasteiger partial charge in [0, 0.05) is 12.0 Å². The van der Waals surface area contributed by atoms with Crippen LogP contribution in [0.15, 0.2) is 18.2 Å². The second-order valence-corrected chi connectivity index (χ2v) is 4.84. The van der Waals surface area contributed by atoms with Gasteiger partial charge in [-0.1, -0.05) is 12.1 Å². The molecular formula is C15H16O4. The number of carboxylic acid groups (broad SMARTS) is 1. The molecule has 1 aliphatic rings. The third-order valence-corrected chi connectivity index (χ3v) is 3.43. The van der Waals surface area contributed by atoms with E-state index in [1.165, 1.54) is 5.56 Å². The summed E-state index contributed by atoms with van der Waals surface area (Å²) in [5.74, 6) is -2.26. The van der Waals surface area contributed by atoms with Gasteiger partial charge in [-0.05, 0) is 42.9 Å².